The van der Waals surface area contributed by atoms with Crippen molar-refractivity contribution in [3.63, 3.8) is 0 Å². The fourth-order valence-corrected chi connectivity index (χ4v) is 3.63. The summed E-state index contributed by atoms with van der Waals surface area (Å²) >= 11 is 0. The van der Waals surface area contributed by atoms with E-state index in [1.807, 2.05) is 83.8 Å². The normalized spacial score (nSPS) is 11.4. The highest BCUT2D eigenvalue weighted by Crippen LogP contribution is 2.28. The molecule has 1 aromatic heterocycles. The second kappa shape index (κ2) is 8.11. The minimum absolute atomic E-state index is 0.0159. The van der Waals surface area contributed by atoms with Gasteiger partial charge < -0.3 is 4.90 Å². The van der Waals surface area contributed by atoms with E-state index in [1.165, 1.54) is 0 Å². The number of carbonyl (C=O) groups is 1. The van der Waals surface area contributed by atoms with Gasteiger partial charge in [0, 0.05) is 23.0 Å². The predicted octanol–water partition coefficient (Wildman–Crippen LogP) is 6.34. The van der Waals surface area contributed by atoms with Crippen molar-refractivity contribution in [2.45, 2.75) is 32.9 Å². The molecule has 0 radical (unpaired) electrons. The van der Waals surface area contributed by atoms with Crippen LogP contribution >= 0.6 is 0 Å². The van der Waals surface area contributed by atoms with Crippen molar-refractivity contribution in [1.29, 1.82) is 0 Å². The molecule has 4 aromatic rings. The Hall–Kier alpha value is -3.46. The number of benzene rings is 3. The molecule has 0 bridgehead atoms. The quantitative estimate of drug-likeness (QED) is 0.404. The Morgan fingerprint density at radius 2 is 1.43 bits per heavy atom. The van der Waals surface area contributed by atoms with E-state index in [9.17, 15) is 4.79 Å². The minimum atomic E-state index is -0.329. The number of para-hydroxylation sites is 1. The van der Waals surface area contributed by atoms with E-state index in [4.69, 9.17) is 4.98 Å². The van der Waals surface area contributed by atoms with Gasteiger partial charge in [0.2, 0.25) is 0 Å². The van der Waals surface area contributed by atoms with Crippen LogP contribution < -0.4 is 0 Å². The highest BCUT2D eigenvalue weighted by atomic mass is 16.2. The number of hydrogen-bond donors (Lipinski definition) is 0. The van der Waals surface area contributed by atoms with Gasteiger partial charge in [-0.25, -0.2) is 4.98 Å². The largest absolute Gasteiger partial charge is 0.329 e. The molecule has 0 spiro atoms. The van der Waals surface area contributed by atoms with Crippen LogP contribution in [0.5, 0.6) is 0 Å². The molecular formula is C27H26N2O. The van der Waals surface area contributed by atoms with Crippen LogP contribution in [0.3, 0.4) is 0 Å². The number of carbonyl (C=O) groups excluding carboxylic acids is 1. The number of fused-ring (bicyclic) bond motifs is 1. The number of rotatable bonds is 4. The van der Waals surface area contributed by atoms with Crippen molar-refractivity contribution in [2.24, 2.45) is 0 Å². The molecule has 0 atom stereocenters. The Morgan fingerprint density at radius 1 is 0.833 bits per heavy atom. The van der Waals surface area contributed by atoms with Crippen LogP contribution in [-0.4, -0.2) is 21.3 Å². The van der Waals surface area contributed by atoms with Crippen molar-refractivity contribution in [3.05, 3.63) is 102 Å². The molecule has 0 aliphatic carbocycles. The summed E-state index contributed by atoms with van der Waals surface area (Å²) in [6.07, 6.45) is 0. The number of aromatic nitrogens is 1. The summed E-state index contributed by atoms with van der Waals surface area (Å²) in [6, 6.07) is 30.0. The van der Waals surface area contributed by atoms with E-state index in [0.29, 0.717) is 12.1 Å². The molecule has 1 amide bonds. The smallest absolute Gasteiger partial charge is 0.255 e. The fourth-order valence-electron chi connectivity index (χ4n) is 3.63. The Morgan fingerprint density at radius 3 is 2.10 bits per heavy atom. The fraction of sp³-hybridized carbons (Fsp3) is 0.185. The topological polar surface area (TPSA) is 33.2 Å². The van der Waals surface area contributed by atoms with Crippen molar-refractivity contribution in [2.75, 3.05) is 0 Å². The van der Waals surface area contributed by atoms with Crippen LogP contribution in [0.1, 0.15) is 36.7 Å². The number of hydrogen-bond acceptors (Lipinski definition) is 2. The lowest BCUT2D eigenvalue weighted by Gasteiger charge is -2.36. The van der Waals surface area contributed by atoms with Crippen LogP contribution in [0.25, 0.3) is 22.2 Å². The van der Waals surface area contributed by atoms with Gasteiger partial charge in [-0.15, -0.1) is 0 Å². The third kappa shape index (κ3) is 4.11. The Bertz CT molecular complexity index is 1160. The zero-order valence-electron chi connectivity index (χ0n) is 17.7. The van der Waals surface area contributed by atoms with Gasteiger partial charge in [-0.1, -0.05) is 78.9 Å². The molecule has 0 aliphatic heterocycles. The number of nitrogens with zero attached hydrogens (tertiary/aromatic N) is 2. The van der Waals surface area contributed by atoms with E-state index in [0.717, 1.165) is 27.7 Å². The van der Waals surface area contributed by atoms with Gasteiger partial charge in [-0.3, -0.25) is 4.79 Å². The average Bonchev–Trinajstić information content (AvgIpc) is 2.77. The molecule has 3 aromatic carbocycles. The maximum atomic E-state index is 13.9. The van der Waals surface area contributed by atoms with Crippen molar-refractivity contribution >= 4 is 16.8 Å². The standard InChI is InChI=1S/C27H26N2O/c1-27(2,3)29(19-20-12-6-4-7-13-20)26(30)23-18-25(21-14-8-5-9-15-21)28-24-17-11-10-16-22(23)24/h4-18H,19H2,1-3H3. The molecule has 1 heterocycles. The lowest BCUT2D eigenvalue weighted by molar-refractivity contribution is 0.0561. The molecule has 3 heteroatoms. The van der Waals surface area contributed by atoms with Crippen LogP contribution in [0.4, 0.5) is 0 Å². The van der Waals surface area contributed by atoms with Gasteiger partial charge in [0.05, 0.1) is 16.8 Å². The molecule has 4 rings (SSSR count). The summed E-state index contributed by atoms with van der Waals surface area (Å²) in [4.78, 5) is 20.7. The Labute approximate surface area is 178 Å². The van der Waals surface area contributed by atoms with E-state index in [2.05, 4.69) is 32.9 Å². The summed E-state index contributed by atoms with van der Waals surface area (Å²) in [7, 11) is 0. The van der Waals surface area contributed by atoms with Crippen molar-refractivity contribution < 1.29 is 4.79 Å². The maximum Gasteiger partial charge on any atom is 0.255 e. The molecule has 150 valence electrons. The molecular weight excluding hydrogens is 368 g/mol. The Balaban J connectivity index is 1.84. The number of amides is 1. The summed E-state index contributed by atoms with van der Waals surface area (Å²) in [5.41, 5.74) is 4.11. The molecule has 0 aliphatic rings. The number of pyridine rings is 1. The highest BCUT2D eigenvalue weighted by Gasteiger charge is 2.29. The maximum absolute atomic E-state index is 13.9. The highest BCUT2D eigenvalue weighted by molar-refractivity contribution is 6.07. The first kappa shape index (κ1) is 19.8. The van der Waals surface area contributed by atoms with Crippen molar-refractivity contribution in [3.8, 4) is 11.3 Å². The first-order valence-electron chi connectivity index (χ1n) is 10.2. The minimum Gasteiger partial charge on any atom is -0.329 e. The van der Waals surface area contributed by atoms with Crippen LogP contribution in [-0.2, 0) is 6.54 Å². The molecule has 0 unspecified atom stereocenters. The second-order valence-electron chi connectivity index (χ2n) is 8.49. The van der Waals surface area contributed by atoms with Gasteiger partial charge in [-0.2, -0.15) is 0 Å². The molecule has 0 fully saturated rings. The van der Waals surface area contributed by atoms with Crippen LogP contribution in [0.15, 0.2) is 91.0 Å². The zero-order valence-corrected chi connectivity index (χ0v) is 17.7. The van der Waals surface area contributed by atoms with Gasteiger partial charge in [0.1, 0.15) is 0 Å². The summed E-state index contributed by atoms with van der Waals surface area (Å²) in [6.45, 7) is 6.79. The molecule has 0 saturated carbocycles. The average molecular weight is 395 g/mol. The van der Waals surface area contributed by atoms with Crippen LogP contribution in [0.2, 0.25) is 0 Å². The van der Waals surface area contributed by atoms with Gasteiger partial charge in [-0.05, 0) is 38.5 Å². The molecule has 30 heavy (non-hydrogen) atoms. The van der Waals surface area contributed by atoms with E-state index in [-0.39, 0.29) is 11.4 Å². The summed E-state index contributed by atoms with van der Waals surface area (Å²) < 4.78 is 0. The van der Waals surface area contributed by atoms with Gasteiger partial charge >= 0.3 is 0 Å². The third-order valence-corrected chi connectivity index (χ3v) is 5.25. The first-order valence-corrected chi connectivity index (χ1v) is 10.2. The SMILES string of the molecule is CC(C)(C)N(Cc1ccccc1)C(=O)c1cc(-c2ccccc2)nc2ccccc12. The van der Waals surface area contributed by atoms with Crippen LogP contribution in [0, 0.1) is 0 Å². The van der Waals surface area contributed by atoms with E-state index < -0.39 is 0 Å². The van der Waals surface area contributed by atoms with Gasteiger partial charge in [0.25, 0.3) is 5.91 Å². The summed E-state index contributed by atoms with van der Waals surface area (Å²) in [5, 5.41) is 0.879. The first-order chi connectivity index (χ1) is 14.4. The summed E-state index contributed by atoms with van der Waals surface area (Å²) in [5.74, 6) is 0.0159. The molecule has 0 N–H and O–H groups in total. The predicted molar refractivity (Wildman–Crippen MR) is 123 cm³/mol. The monoisotopic (exact) mass is 394 g/mol. The third-order valence-electron chi connectivity index (χ3n) is 5.25. The van der Waals surface area contributed by atoms with E-state index >= 15 is 0 Å². The van der Waals surface area contributed by atoms with Gasteiger partial charge in [0.15, 0.2) is 0 Å². The lowest BCUT2D eigenvalue weighted by Crippen LogP contribution is -2.45. The molecule has 0 saturated heterocycles. The van der Waals surface area contributed by atoms with Crippen molar-refractivity contribution in [1.82, 2.24) is 9.88 Å². The molecule has 3 nitrogen and oxygen atoms in total. The van der Waals surface area contributed by atoms with E-state index in [1.54, 1.807) is 0 Å². The second-order valence-corrected chi connectivity index (χ2v) is 8.49. The lowest BCUT2D eigenvalue weighted by atomic mass is 9.99. The zero-order chi connectivity index (χ0) is 21.1. The Kier molecular flexibility index (Phi) is 5.37.